The second kappa shape index (κ2) is 8.93. The van der Waals surface area contributed by atoms with Crippen molar-refractivity contribution in [3.63, 3.8) is 0 Å². The lowest BCUT2D eigenvalue weighted by atomic mass is 10.1. The molecule has 1 unspecified atom stereocenters. The van der Waals surface area contributed by atoms with E-state index in [-0.39, 0.29) is 5.82 Å². The monoisotopic (exact) mass is 380 g/mol. The molecule has 0 amide bonds. The Balaban J connectivity index is 1.48. The number of halogens is 2. The zero-order chi connectivity index (χ0) is 18.5. The van der Waals surface area contributed by atoms with Crippen LogP contribution in [0, 0.1) is 12.7 Å². The highest BCUT2D eigenvalue weighted by molar-refractivity contribution is 6.31. The van der Waals surface area contributed by atoms with Gasteiger partial charge in [0.05, 0.1) is 6.54 Å². The second-order valence-electron chi connectivity index (χ2n) is 7.06. The topological polar surface area (TPSA) is 45.4 Å². The van der Waals surface area contributed by atoms with Crippen LogP contribution in [0.1, 0.15) is 36.5 Å². The molecule has 0 radical (unpaired) electrons. The van der Waals surface area contributed by atoms with Gasteiger partial charge in [-0.1, -0.05) is 22.8 Å². The van der Waals surface area contributed by atoms with E-state index in [1.54, 1.807) is 6.07 Å². The van der Waals surface area contributed by atoms with Crippen LogP contribution in [0.4, 0.5) is 4.39 Å². The highest BCUT2D eigenvalue weighted by Crippen LogP contribution is 2.20. The summed E-state index contributed by atoms with van der Waals surface area (Å²) in [7, 11) is 2.13. The molecule has 0 bridgehead atoms. The Morgan fingerprint density at radius 2 is 2.19 bits per heavy atom. The molecule has 0 aliphatic carbocycles. The molecule has 0 saturated carbocycles. The maximum Gasteiger partial charge on any atom is 0.223 e. The standard InChI is InChI=1S/C19H26ClFN4O/c1-14-22-19(23-26-14)13-24(2)17-4-3-9-25(11-8-17)10-7-15-5-6-16(21)12-18(15)20/h5-6,12,17H,3-4,7-11,13H2,1-2H3. The third kappa shape index (κ3) is 5.25. The fourth-order valence-electron chi connectivity index (χ4n) is 3.56. The average Bonchev–Trinajstić information content (AvgIpc) is 2.86. The van der Waals surface area contributed by atoms with Crippen LogP contribution in [0.25, 0.3) is 0 Å². The molecule has 3 rings (SSSR count). The summed E-state index contributed by atoms with van der Waals surface area (Å²) in [6, 6.07) is 5.19. The normalized spacial score (nSPS) is 19.0. The summed E-state index contributed by atoms with van der Waals surface area (Å²) in [6.45, 7) is 5.62. The summed E-state index contributed by atoms with van der Waals surface area (Å²) >= 11 is 6.14. The molecule has 1 saturated heterocycles. The first kappa shape index (κ1) is 19.3. The maximum atomic E-state index is 13.2. The number of likely N-dealkylation sites (tertiary alicyclic amines) is 1. The lowest BCUT2D eigenvalue weighted by molar-refractivity contribution is 0.201. The van der Waals surface area contributed by atoms with E-state index < -0.39 is 0 Å². The van der Waals surface area contributed by atoms with Gasteiger partial charge in [-0.05, 0) is 63.5 Å². The first-order chi connectivity index (χ1) is 12.5. The molecule has 26 heavy (non-hydrogen) atoms. The van der Waals surface area contributed by atoms with Crippen molar-refractivity contribution in [2.75, 3.05) is 26.7 Å². The number of aromatic nitrogens is 2. The van der Waals surface area contributed by atoms with Gasteiger partial charge in [-0.15, -0.1) is 0 Å². The average molecular weight is 381 g/mol. The van der Waals surface area contributed by atoms with Crippen molar-refractivity contribution in [2.45, 2.75) is 45.2 Å². The summed E-state index contributed by atoms with van der Waals surface area (Å²) in [4.78, 5) is 9.09. The Morgan fingerprint density at radius 1 is 1.35 bits per heavy atom. The molecule has 1 aromatic heterocycles. The van der Waals surface area contributed by atoms with E-state index in [0.29, 0.717) is 23.5 Å². The number of hydrogen-bond donors (Lipinski definition) is 0. The van der Waals surface area contributed by atoms with Gasteiger partial charge in [0.1, 0.15) is 5.82 Å². The number of hydrogen-bond acceptors (Lipinski definition) is 5. The van der Waals surface area contributed by atoms with Gasteiger partial charge in [0.25, 0.3) is 0 Å². The molecule has 142 valence electrons. The minimum atomic E-state index is -0.281. The molecule has 1 aromatic carbocycles. The van der Waals surface area contributed by atoms with Crippen molar-refractivity contribution in [1.82, 2.24) is 19.9 Å². The van der Waals surface area contributed by atoms with Crippen molar-refractivity contribution in [2.24, 2.45) is 0 Å². The predicted octanol–water partition coefficient (Wildman–Crippen LogP) is 3.70. The predicted molar refractivity (Wildman–Crippen MR) is 99.7 cm³/mol. The maximum absolute atomic E-state index is 13.2. The van der Waals surface area contributed by atoms with Crippen LogP contribution in [0.5, 0.6) is 0 Å². The molecular formula is C19H26ClFN4O. The molecular weight excluding hydrogens is 355 g/mol. The van der Waals surface area contributed by atoms with E-state index >= 15 is 0 Å². The Hall–Kier alpha value is -1.50. The minimum Gasteiger partial charge on any atom is -0.340 e. The number of benzene rings is 1. The lowest BCUT2D eigenvalue weighted by Gasteiger charge is -2.26. The van der Waals surface area contributed by atoms with Gasteiger partial charge < -0.3 is 9.42 Å². The van der Waals surface area contributed by atoms with Gasteiger partial charge in [-0.3, -0.25) is 4.90 Å². The van der Waals surface area contributed by atoms with Crippen LogP contribution in [0.3, 0.4) is 0 Å². The fraction of sp³-hybridized carbons (Fsp3) is 0.579. The van der Waals surface area contributed by atoms with Gasteiger partial charge in [0, 0.05) is 24.5 Å². The van der Waals surface area contributed by atoms with Crippen molar-refractivity contribution in [1.29, 1.82) is 0 Å². The third-order valence-electron chi connectivity index (χ3n) is 5.09. The van der Waals surface area contributed by atoms with Crippen molar-refractivity contribution in [3.8, 4) is 0 Å². The van der Waals surface area contributed by atoms with Crippen LogP contribution < -0.4 is 0 Å². The highest BCUT2D eigenvalue weighted by Gasteiger charge is 2.21. The van der Waals surface area contributed by atoms with Crippen LogP contribution >= 0.6 is 11.6 Å². The molecule has 2 heterocycles. The van der Waals surface area contributed by atoms with Gasteiger partial charge in [0.15, 0.2) is 5.82 Å². The number of aryl methyl sites for hydroxylation is 1. The van der Waals surface area contributed by atoms with E-state index in [0.717, 1.165) is 50.3 Å². The van der Waals surface area contributed by atoms with Crippen molar-refractivity contribution < 1.29 is 8.91 Å². The molecule has 1 aliphatic heterocycles. The fourth-order valence-corrected chi connectivity index (χ4v) is 3.83. The van der Waals surface area contributed by atoms with Crippen LogP contribution in [0.15, 0.2) is 22.7 Å². The van der Waals surface area contributed by atoms with Gasteiger partial charge in [-0.25, -0.2) is 4.39 Å². The summed E-state index contributed by atoms with van der Waals surface area (Å²) in [5.74, 6) is 1.08. The molecule has 0 N–H and O–H groups in total. The lowest BCUT2D eigenvalue weighted by Crippen LogP contribution is -2.33. The molecule has 1 fully saturated rings. The number of nitrogens with zero attached hydrogens (tertiary/aromatic N) is 4. The summed E-state index contributed by atoms with van der Waals surface area (Å²) < 4.78 is 18.2. The summed E-state index contributed by atoms with van der Waals surface area (Å²) in [5, 5.41) is 4.51. The zero-order valence-corrected chi connectivity index (χ0v) is 16.2. The SMILES string of the molecule is Cc1nc(CN(C)C2CCCN(CCc3ccc(F)cc3Cl)CC2)no1. The highest BCUT2D eigenvalue weighted by atomic mass is 35.5. The van der Waals surface area contributed by atoms with E-state index in [1.807, 2.05) is 6.92 Å². The van der Waals surface area contributed by atoms with Crippen LogP contribution in [-0.4, -0.2) is 52.7 Å². The Morgan fingerprint density at radius 3 is 2.92 bits per heavy atom. The van der Waals surface area contributed by atoms with Gasteiger partial charge >= 0.3 is 0 Å². The molecule has 0 spiro atoms. The van der Waals surface area contributed by atoms with E-state index in [4.69, 9.17) is 16.1 Å². The molecule has 1 aliphatic rings. The second-order valence-corrected chi connectivity index (χ2v) is 7.46. The molecule has 2 aromatic rings. The quantitative estimate of drug-likeness (QED) is 0.764. The smallest absolute Gasteiger partial charge is 0.223 e. The summed E-state index contributed by atoms with van der Waals surface area (Å²) in [6.07, 6.45) is 4.30. The Kier molecular flexibility index (Phi) is 6.62. The first-order valence-electron chi connectivity index (χ1n) is 9.17. The molecule has 5 nitrogen and oxygen atoms in total. The first-order valence-corrected chi connectivity index (χ1v) is 9.55. The minimum absolute atomic E-state index is 0.281. The van der Waals surface area contributed by atoms with Gasteiger partial charge in [-0.2, -0.15) is 4.98 Å². The van der Waals surface area contributed by atoms with Crippen LogP contribution in [-0.2, 0) is 13.0 Å². The van der Waals surface area contributed by atoms with Crippen molar-refractivity contribution in [3.05, 3.63) is 46.3 Å². The van der Waals surface area contributed by atoms with Crippen LogP contribution in [0.2, 0.25) is 5.02 Å². The van der Waals surface area contributed by atoms with Crippen molar-refractivity contribution >= 4 is 11.6 Å². The van der Waals surface area contributed by atoms with E-state index in [2.05, 4.69) is 27.0 Å². The molecule has 7 heteroatoms. The largest absolute Gasteiger partial charge is 0.340 e. The number of rotatable bonds is 6. The van der Waals surface area contributed by atoms with E-state index in [1.165, 1.54) is 18.6 Å². The summed E-state index contributed by atoms with van der Waals surface area (Å²) in [5.41, 5.74) is 1.01. The Bertz CT molecular complexity index is 723. The molecule has 1 atom stereocenters. The zero-order valence-electron chi connectivity index (χ0n) is 15.4. The third-order valence-corrected chi connectivity index (χ3v) is 5.44. The van der Waals surface area contributed by atoms with Gasteiger partial charge in [0.2, 0.25) is 5.89 Å². The Labute approximate surface area is 159 Å². The van der Waals surface area contributed by atoms with E-state index in [9.17, 15) is 4.39 Å².